The number of alkyl halides is 3. The Morgan fingerprint density at radius 1 is 1.22 bits per heavy atom. The van der Waals surface area contributed by atoms with Gasteiger partial charge < -0.3 is 5.32 Å². The van der Waals surface area contributed by atoms with Crippen molar-refractivity contribution < 1.29 is 13.2 Å². The van der Waals surface area contributed by atoms with E-state index in [9.17, 15) is 13.2 Å². The van der Waals surface area contributed by atoms with Gasteiger partial charge in [-0.25, -0.2) is 0 Å². The van der Waals surface area contributed by atoms with Gasteiger partial charge in [-0.1, -0.05) is 34.1 Å². The molecule has 0 aliphatic rings. The third-order valence-corrected chi connectivity index (χ3v) is 3.43. The van der Waals surface area contributed by atoms with E-state index in [0.717, 1.165) is 10.0 Å². The van der Waals surface area contributed by atoms with Crippen LogP contribution >= 0.6 is 15.9 Å². The summed E-state index contributed by atoms with van der Waals surface area (Å²) < 4.78 is 36.8. The van der Waals surface area contributed by atoms with Crippen molar-refractivity contribution in [3.8, 4) is 0 Å². The van der Waals surface area contributed by atoms with Gasteiger partial charge in [0.2, 0.25) is 0 Å². The topological polar surface area (TPSA) is 12.0 Å². The molecule has 102 valence electrons. The van der Waals surface area contributed by atoms with Gasteiger partial charge in [-0.15, -0.1) is 0 Å². The van der Waals surface area contributed by atoms with E-state index in [2.05, 4.69) is 21.2 Å². The number of rotatable bonds is 6. The van der Waals surface area contributed by atoms with E-state index in [1.807, 2.05) is 31.2 Å². The van der Waals surface area contributed by atoms with Gasteiger partial charge in [0.05, 0.1) is 0 Å². The summed E-state index contributed by atoms with van der Waals surface area (Å²) in [6, 6.07) is 7.96. The van der Waals surface area contributed by atoms with Gasteiger partial charge in [0.1, 0.15) is 0 Å². The van der Waals surface area contributed by atoms with Gasteiger partial charge in [-0.3, -0.25) is 0 Å². The highest BCUT2D eigenvalue weighted by Gasteiger charge is 2.25. The van der Waals surface area contributed by atoms with Gasteiger partial charge in [-0.2, -0.15) is 13.2 Å². The zero-order chi connectivity index (χ0) is 13.6. The van der Waals surface area contributed by atoms with E-state index >= 15 is 0 Å². The highest BCUT2D eigenvalue weighted by atomic mass is 79.9. The molecule has 1 unspecified atom stereocenters. The molecule has 1 N–H and O–H groups in total. The number of benzene rings is 1. The minimum absolute atomic E-state index is 0.131. The van der Waals surface area contributed by atoms with E-state index in [4.69, 9.17) is 0 Å². The summed E-state index contributed by atoms with van der Waals surface area (Å²) in [5, 5.41) is 3.23. The van der Waals surface area contributed by atoms with Crippen molar-refractivity contribution >= 4 is 15.9 Å². The molecule has 0 spiro atoms. The lowest BCUT2D eigenvalue weighted by Gasteiger charge is -2.15. The number of unbranched alkanes of at least 4 members (excludes halogenated alkanes) is 1. The van der Waals surface area contributed by atoms with Crippen LogP contribution in [-0.4, -0.2) is 12.7 Å². The van der Waals surface area contributed by atoms with Gasteiger partial charge in [0.15, 0.2) is 0 Å². The van der Waals surface area contributed by atoms with Crippen LogP contribution in [0, 0.1) is 0 Å². The van der Waals surface area contributed by atoms with Crippen molar-refractivity contribution in [3.63, 3.8) is 0 Å². The standard InChI is InChI=1S/C13H17BrF3N/c1-10(11-6-2-3-7-12(11)14)18-9-5-4-8-13(15,16)17/h2-3,6-7,10,18H,4-5,8-9H2,1H3. The summed E-state index contributed by atoms with van der Waals surface area (Å²) in [7, 11) is 0. The summed E-state index contributed by atoms with van der Waals surface area (Å²) in [6.45, 7) is 2.60. The first-order valence-electron chi connectivity index (χ1n) is 5.95. The minimum atomic E-state index is -4.03. The molecular formula is C13H17BrF3N. The number of hydrogen-bond donors (Lipinski definition) is 1. The van der Waals surface area contributed by atoms with Crippen LogP contribution in [0.15, 0.2) is 28.7 Å². The monoisotopic (exact) mass is 323 g/mol. The second-order valence-electron chi connectivity index (χ2n) is 4.27. The lowest BCUT2D eigenvalue weighted by atomic mass is 10.1. The first-order chi connectivity index (χ1) is 8.40. The van der Waals surface area contributed by atoms with Crippen LogP contribution in [-0.2, 0) is 0 Å². The Morgan fingerprint density at radius 2 is 1.89 bits per heavy atom. The Balaban J connectivity index is 2.26. The normalized spacial score (nSPS) is 13.6. The van der Waals surface area contributed by atoms with Crippen LogP contribution in [0.3, 0.4) is 0 Å². The number of nitrogens with one attached hydrogen (secondary N) is 1. The summed E-state index contributed by atoms with van der Waals surface area (Å²) in [6.07, 6.45) is -4.01. The SMILES string of the molecule is CC(NCCCCC(F)(F)F)c1ccccc1Br. The van der Waals surface area contributed by atoms with Crippen LogP contribution in [0.25, 0.3) is 0 Å². The molecule has 1 rings (SSSR count). The van der Waals surface area contributed by atoms with Crippen LogP contribution < -0.4 is 5.32 Å². The molecular weight excluding hydrogens is 307 g/mol. The average Bonchev–Trinajstić information content (AvgIpc) is 2.27. The van der Waals surface area contributed by atoms with E-state index < -0.39 is 12.6 Å². The van der Waals surface area contributed by atoms with Gasteiger partial charge >= 0.3 is 6.18 Å². The van der Waals surface area contributed by atoms with Crippen molar-refractivity contribution in [3.05, 3.63) is 34.3 Å². The molecule has 0 heterocycles. The van der Waals surface area contributed by atoms with Crippen LogP contribution in [0.1, 0.15) is 37.8 Å². The maximum absolute atomic E-state index is 11.9. The second kappa shape index (κ2) is 7.14. The van der Waals surface area contributed by atoms with Crippen molar-refractivity contribution in [2.45, 2.75) is 38.4 Å². The summed E-state index contributed by atoms with van der Waals surface area (Å²) in [4.78, 5) is 0. The van der Waals surface area contributed by atoms with Crippen LogP contribution in [0.2, 0.25) is 0 Å². The maximum atomic E-state index is 11.9. The van der Waals surface area contributed by atoms with E-state index in [1.165, 1.54) is 0 Å². The summed E-state index contributed by atoms with van der Waals surface area (Å²) >= 11 is 3.46. The Morgan fingerprint density at radius 3 is 2.50 bits per heavy atom. The third kappa shape index (κ3) is 5.87. The fourth-order valence-corrected chi connectivity index (χ4v) is 2.33. The molecule has 1 aromatic rings. The molecule has 1 nitrogen and oxygen atoms in total. The number of halogens is 4. The Bertz CT molecular complexity index is 365. The predicted molar refractivity (Wildman–Crippen MR) is 70.5 cm³/mol. The number of hydrogen-bond acceptors (Lipinski definition) is 1. The lowest BCUT2D eigenvalue weighted by Crippen LogP contribution is -2.20. The molecule has 0 aromatic heterocycles. The Hall–Kier alpha value is -0.550. The first kappa shape index (κ1) is 15.5. The molecule has 0 saturated heterocycles. The summed E-state index contributed by atoms with van der Waals surface area (Å²) in [5.41, 5.74) is 1.12. The van der Waals surface area contributed by atoms with E-state index in [0.29, 0.717) is 13.0 Å². The zero-order valence-electron chi connectivity index (χ0n) is 10.2. The Labute approximate surface area is 114 Å². The molecule has 18 heavy (non-hydrogen) atoms. The van der Waals surface area contributed by atoms with Crippen molar-refractivity contribution in [1.82, 2.24) is 5.32 Å². The van der Waals surface area contributed by atoms with E-state index in [-0.39, 0.29) is 12.5 Å². The molecule has 0 bridgehead atoms. The summed E-state index contributed by atoms with van der Waals surface area (Å²) in [5.74, 6) is 0. The van der Waals surface area contributed by atoms with Crippen molar-refractivity contribution in [1.29, 1.82) is 0 Å². The molecule has 1 aromatic carbocycles. The lowest BCUT2D eigenvalue weighted by molar-refractivity contribution is -0.135. The molecule has 5 heteroatoms. The first-order valence-corrected chi connectivity index (χ1v) is 6.74. The van der Waals surface area contributed by atoms with Gasteiger partial charge in [0.25, 0.3) is 0 Å². The van der Waals surface area contributed by atoms with E-state index in [1.54, 1.807) is 0 Å². The molecule has 0 amide bonds. The molecule has 0 aliphatic heterocycles. The molecule has 0 aliphatic carbocycles. The highest BCUT2D eigenvalue weighted by molar-refractivity contribution is 9.10. The quantitative estimate of drug-likeness (QED) is 0.739. The van der Waals surface area contributed by atoms with Gasteiger partial charge in [-0.05, 0) is 37.9 Å². The molecule has 1 atom stereocenters. The van der Waals surface area contributed by atoms with Crippen molar-refractivity contribution in [2.75, 3.05) is 6.54 Å². The molecule has 0 fully saturated rings. The fourth-order valence-electron chi connectivity index (χ4n) is 1.71. The Kier molecular flexibility index (Phi) is 6.15. The van der Waals surface area contributed by atoms with Crippen LogP contribution in [0.5, 0.6) is 0 Å². The zero-order valence-corrected chi connectivity index (χ0v) is 11.8. The molecule has 0 saturated carbocycles. The third-order valence-electron chi connectivity index (χ3n) is 2.71. The minimum Gasteiger partial charge on any atom is -0.310 e. The average molecular weight is 324 g/mol. The smallest absolute Gasteiger partial charge is 0.310 e. The van der Waals surface area contributed by atoms with Crippen molar-refractivity contribution in [2.24, 2.45) is 0 Å². The predicted octanol–water partition coefficient (Wildman–Crippen LogP) is 4.83. The largest absolute Gasteiger partial charge is 0.389 e. The van der Waals surface area contributed by atoms with Crippen LogP contribution in [0.4, 0.5) is 13.2 Å². The highest BCUT2D eigenvalue weighted by Crippen LogP contribution is 2.24. The fraction of sp³-hybridized carbons (Fsp3) is 0.538. The molecule has 0 radical (unpaired) electrons. The maximum Gasteiger partial charge on any atom is 0.389 e. The van der Waals surface area contributed by atoms with Gasteiger partial charge in [0, 0.05) is 16.9 Å². The second-order valence-corrected chi connectivity index (χ2v) is 5.12.